The van der Waals surface area contributed by atoms with Crippen molar-refractivity contribution in [3.8, 4) is 0 Å². The van der Waals surface area contributed by atoms with Crippen molar-refractivity contribution in [2.24, 2.45) is 0 Å². The second-order valence-corrected chi connectivity index (χ2v) is 14.2. The molecule has 49 heavy (non-hydrogen) atoms. The van der Waals surface area contributed by atoms with Crippen molar-refractivity contribution in [1.82, 2.24) is 20.4 Å². The van der Waals surface area contributed by atoms with E-state index in [0.717, 1.165) is 49.0 Å². The minimum atomic E-state index is -0.283. The Bertz CT molecular complexity index is 1510. The molecule has 3 aromatic carbocycles. The summed E-state index contributed by atoms with van der Waals surface area (Å²) in [6, 6.07) is 28.0. The van der Waals surface area contributed by atoms with Gasteiger partial charge in [-0.3, -0.25) is 14.5 Å². The average molecular weight is 659 g/mol. The molecule has 2 N–H and O–H groups in total. The molecule has 0 radical (unpaired) electrons. The molecule has 1 heterocycles. The Hall–Kier alpha value is -4.00. The van der Waals surface area contributed by atoms with Crippen LogP contribution in [0.25, 0.3) is 12.2 Å². The van der Waals surface area contributed by atoms with Crippen LogP contribution in [0.1, 0.15) is 103 Å². The molecule has 0 spiro atoms. The van der Waals surface area contributed by atoms with E-state index in [-0.39, 0.29) is 29.8 Å². The molecule has 3 fully saturated rings. The third kappa shape index (κ3) is 8.78. The van der Waals surface area contributed by atoms with Crippen LogP contribution in [0, 0.1) is 0 Å². The van der Waals surface area contributed by atoms with Gasteiger partial charge in [-0.25, -0.2) is 0 Å². The maximum absolute atomic E-state index is 14.4. The number of nitrogens with zero attached hydrogens (tertiary/aromatic N) is 2. The summed E-state index contributed by atoms with van der Waals surface area (Å²) in [5.74, 6) is 0.165. The van der Waals surface area contributed by atoms with Gasteiger partial charge in [-0.2, -0.15) is 0 Å². The second kappa shape index (κ2) is 17.1. The van der Waals surface area contributed by atoms with Gasteiger partial charge in [0.05, 0.1) is 6.04 Å². The number of benzene rings is 3. The molecule has 1 saturated heterocycles. The quantitative estimate of drug-likeness (QED) is 0.176. The van der Waals surface area contributed by atoms with Gasteiger partial charge in [0.15, 0.2) is 0 Å². The van der Waals surface area contributed by atoms with Crippen molar-refractivity contribution >= 4 is 24.0 Å². The van der Waals surface area contributed by atoms with Crippen LogP contribution in [0.4, 0.5) is 0 Å². The first-order valence-corrected chi connectivity index (χ1v) is 18.6. The lowest BCUT2D eigenvalue weighted by atomic mass is 9.84. The summed E-state index contributed by atoms with van der Waals surface area (Å²) in [5.41, 5.74) is 5.04. The van der Waals surface area contributed by atoms with E-state index in [9.17, 15) is 9.59 Å². The summed E-state index contributed by atoms with van der Waals surface area (Å²) < 4.78 is 0. The number of allylic oxidation sites excluding steroid dienone is 1. The molecule has 2 aliphatic carbocycles. The smallest absolute Gasteiger partial charge is 0.251 e. The molecule has 2 unspecified atom stereocenters. The standard InChI is InChI=1S/C43H54N4O2/c1-3-14-35-29-36(25-24-32(35)4-2)42(48)44-30-37-26-28-46(31-40(33-15-7-5-8-16-33)34-17-9-6-10-18-34)43(49)41(45-37)23-13-27-47(38-19-11-20-38)39-21-12-22-39/h3-10,14-18,24-25,29,37-41,45H,2,11-13,19-23,26-28,30-31H2,1H3,(H,44,48)/b14-3-. The Labute approximate surface area is 293 Å². The first kappa shape index (κ1) is 34.8. The Morgan fingerprint density at radius 3 is 2.16 bits per heavy atom. The number of carbonyl (C=O) groups is 2. The van der Waals surface area contributed by atoms with Crippen molar-refractivity contribution in [3.63, 3.8) is 0 Å². The van der Waals surface area contributed by atoms with E-state index in [0.29, 0.717) is 25.2 Å². The topological polar surface area (TPSA) is 64.7 Å². The van der Waals surface area contributed by atoms with Crippen molar-refractivity contribution in [2.75, 3.05) is 26.2 Å². The SMILES string of the molecule is C=Cc1ccc(C(=O)NCC2CCN(CC(c3ccccc3)c3ccccc3)C(=O)C(CCCN(C3CCC3)C3CCC3)N2)cc1/C=C\C. The lowest BCUT2D eigenvalue weighted by Gasteiger charge is -2.46. The van der Waals surface area contributed by atoms with Gasteiger partial charge in [0.2, 0.25) is 5.91 Å². The van der Waals surface area contributed by atoms with E-state index in [1.807, 2.05) is 55.5 Å². The summed E-state index contributed by atoms with van der Waals surface area (Å²) in [5, 5.41) is 6.94. The molecular weight excluding hydrogens is 604 g/mol. The summed E-state index contributed by atoms with van der Waals surface area (Å²) >= 11 is 0. The van der Waals surface area contributed by atoms with E-state index in [1.54, 1.807) is 0 Å². The Morgan fingerprint density at radius 2 is 1.59 bits per heavy atom. The zero-order valence-corrected chi connectivity index (χ0v) is 29.2. The largest absolute Gasteiger partial charge is 0.350 e. The fraction of sp³-hybridized carbons (Fsp3) is 0.442. The highest BCUT2D eigenvalue weighted by molar-refractivity contribution is 5.95. The van der Waals surface area contributed by atoms with E-state index in [1.165, 1.54) is 49.7 Å². The molecule has 6 rings (SSSR count). The van der Waals surface area contributed by atoms with Crippen LogP contribution >= 0.6 is 0 Å². The number of hydrogen-bond donors (Lipinski definition) is 2. The molecule has 0 aromatic heterocycles. The molecule has 3 aromatic rings. The van der Waals surface area contributed by atoms with Crippen molar-refractivity contribution in [3.05, 3.63) is 119 Å². The van der Waals surface area contributed by atoms with E-state index >= 15 is 0 Å². The summed E-state index contributed by atoms with van der Waals surface area (Å²) in [6.45, 7) is 8.69. The van der Waals surface area contributed by atoms with Gasteiger partial charge in [0, 0.05) is 49.2 Å². The first-order valence-electron chi connectivity index (χ1n) is 18.6. The van der Waals surface area contributed by atoms with Crippen LogP contribution in [0.2, 0.25) is 0 Å². The normalized spacial score (nSPS) is 20.3. The molecule has 3 aliphatic rings. The Kier molecular flexibility index (Phi) is 12.2. The van der Waals surface area contributed by atoms with Crippen LogP contribution in [-0.4, -0.2) is 72.0 Å². The zero-order valence-electron chi connectivity index (χ0n) is 29.2. The fourth-order valence-electron chi connectivity index (χ4n) is 7.75. The zero-order chi connectivity index (χ0) is 34.0. The predicted octanol–water partition coefficient (Wildman–Crippen LogP) is 7.67. The third-order valence-corrected chi connectivity index (χ3v) is 11.0. The fourth-order valence-corrected chi connectivity index (χ4v) is 7.75. The minimum absolute atomic E-state index is 0.00776. The van der Waals surface area contributed by atoms with E-state index in [4.69, 9.17) is 0 Å². The molecule has 258 valence electrons. The lowest BCUT2D eigenvalue weighted by molar-refractivity contribution is -0.133. The van der Waals surface area contributed by atoms with Crippen molar-refractivity contribution in [2.45, 2.75) is 94.8 Å². The molecule has 2 atom stereocenters. The number of rotatable bonds is 15. The Morgan fingerprint density at radius 1 is 0.939 bits per heavy atom. The third-order valence-electron chi connectivity index (χ3n) is 11.0. The van der Waals surface area contributed by atoms with Crippen LogP contribution < -0.4 is 10.6 Å². The van der Waals surface area contributed by atoms with E-state index in [2.05, 4.69) is 75.5 Å². The second-order valence-electron chi connectivity index (χ2n) is 14.2. The highest BCUT2D eigenvalue weighted by atomic mass is 16.2. The van der Waals surface area contributed by atoms with Gasteiger partial charge in [-0.1, -0.05) is 104 Å². The highest BCUT2D eigenvalue weighted by Gasteiger charge is 2.35. The van der Waals surface area contributed by atoms with Crippen molar-refractivity contribution < 1.29 is 9.59 Å². The molecular formula is C43H54N4O2. The van der Waals surface area contributed by atoms with Crippen LogP contribution in [-0.2, 0) is 4.79 Å². The number of nitrogens with one attached hydrogen (secondary N) is 2. The molecule has 0 bridgehead atoms. The Balaban J connectivity index is 1.17. The van der Waals surface area contributed by atoms with Gasteiger partial charge in [-0.05, 0) is 92.8 Å². The van der Waals surface area contributed by atoms with Crippen molar-refractivity contribution in [1.29, 1.82) is 0 Å². The van der Waals surface area contributed by atoms with Gasteiger partial charge in [0.1, 0.15) is 0 Å². The number of carbonyl (C=O) groups excluding carboxylic acids is 2. The predicted molar refractivity (Wildman–Crippen MR) is 201 cm³/mol. The maximum Gasteiger partial charge on any atom is 0.251 e. The lowest BCUT2D eigenvalue weighted by Crippen LogP contribution is -2.51. The van der Waals surface area contributed by atoms with Gasteiger partial charge >= 0.3 is 0 Å². The molecule has 6 nitrogen and oxygen atoms in total. The summed E-state index contributed by atoms with van der Waals surface area (Å²) in [7, 11) is 0. The van der Waals surface area contributed by atoms with Crippen LogP contribution in [0.3, 0.4) is 0 Å². The average Bonchev–Trinajstić information content (AvgIpc) is 3.23. The van der Waals surface area contributed by atoms with Crippen LogP contribution in [0.15, 0.2) is 91.5 Å². The molecule has 2 amide bonds. The summed E-state index contributed by atoms with van der Waals surface area (Å²) in [4.78, 5) is 32.7. The molecule has 1 aliphatic heterocycles. The highest BCUT2D eigenvalue weighted by Crippen LogP contribution is 2.34. The monoisotopic (exact) mass is 658 g/mol. The molecule has 2 saturated carbocycles. The maximum atomic E-state index is 14.4. The van der Waals surface area contributed by atoms with Gasteiger partial charge in [-0.15, -0.1) is 0 Å². The molecule has 6 heteroatoms. The number of hydrogen-bond acceptors (Lipinski definition) is 4. The van der Waals surface area contributed by atoms with E-state index < -0.39 is 0 Å². The summed E-state index contributed by atoms with van der Waals surface area (Å²) in [6.07, 6.45) is 16.3. The first-order chi connectivity index (χ1) is 24.0. The van der Waals surface area contributed by atoms with Gasteiger partial charge in [0.25, 0.3) is 5.91 Å². The van der Waals surface area contributed by atoms with Gasteiger partial charge < -0.3 is 15.5 Å². The van der Waals surface area contributed by atoms with Crippen LogP contribution in [0.5, 0.6) is 0 Å². The minimum Gasteiger partial charge on any atom is -0.350 e. The number of amides is 2.